The summed E-state index contributed by atoms with van der Waals surface area (Å²) in [6, 6.07) is -0.448. The lowest BCUT2D eigenvalue weighted by atomic mass is 10.0. The van der Waals surface area contributed by atoms with E-state index in [1.165, 1.54) is 6.42 Å². The highest BCUT2D eigenvalue weighted by atomic mass is 16.2. The fourth-order valence-electron chi connectivity index (χ4n) is 2.28. The van der Waals surface area contributed by atoms with Crippen molar-refractivity contribution >= 4 is 11.9 Å². The summed E-state index contributed by atoms with van der Waals surface area (Å²) >= 11 is 0. The van der Waals surface area contributed by atoms with Gasteiger partial charge >= 0.3 is 6.03 Å². The minimum Gasteiger partial charge on any atom is -0.338 e. The summed E-state index contributed by atoms with van der Waals surface area (Å²) in [5.41, 5.74) is 0. The quantitative estimate of drug-likeness (QED) is 0.816. The van der Waals surface area contributed by atoms with Crippen LogP contribution in [0.1, 0.15) is 47.0 Å². The molecule has 19 heavy (non-hydrogen) atoms. The number of carbonyl (C=O) groups excluding carboxylic acids is 2. The average Bonchev–Trinajstić information content (AvgIpc) is 2.36. The topological polar surface area (TPSA) is 61.4 Å². The first-order valence-electron chi connectivity index (χ1n) is 7.26. The van der Waals surface area contributed by atoms with E-state index in [0.29, 0.717) is 12.5 Å². The molecule has 2 N–H and O–H groups in total. The van der Waals surface area contributed by atoms with Crippen LogP contribution in [0, 0.1) is 5.92 Å². The third kappa shape index (κ3) is 5.09. The summed E-state index contributed by atoms with van der Waals surface area (Å²) in [4.78, 5) is 25.8. The number of nitrogens with one attached hydrogen (secondary N) is 2. The summed E-state index contributed by atoms with van der Waals surface area (Å²) in [7, 11) is 0. The summed E-state index contributed by atoms with van der Waals surface area (Å²) in [6.45, 7) is 9.31. The monoisotopic (exact) mass is 269 g/mol. The van der Waals surface area contributed by atoms with Gasteiger partial charge in [0, 0.05) is 19.1 Å². The molecule has 0 radical (unpaired) electrons. The van der Waals surface area contributed by atoms with Gasteiger partial charge in [0.15, 0.2) is 0 Å². The van der Waals surface area contributed by atoms with Crippen molar-refractivity contribution in [1.29, 1.82) is 0 Å². The van der Waals surface area contributed by atoms with Gasteiger partial charge in [0.05, 0.1) is 0 Å². The molecule has 2 atom stereocenters. The Hall–Kier alpha value is -1.26. The maximum atomic E-state index is 12.3. The lowest BCUT2D eigenvalue weighted by molar-refractivity contribution is -0.136. The highest BCUT2D eigenvalue weighted by molar-refractivity contribution is 5.86. The molecule has 1 fully saturated rings. The molecule has 1 rings (SSSR count). The first kappa shape index (κ1) is 15.8. The van der Waals surface area contributed by atoms with Gasteiger partial charge < -0.3 is 15.5 Å². The van der Waals surface area contributed by atoms with Crippen molar-refractivity contribution in [3.05, 3.63) is 0 Å². The van der Waals surface area contributed by atoms with E-state index in [0.717, 1.165) is 19.4 Å². The van der Waals surface area contributed by atoms with E-state index in [-0.39, 0.29) is 18.0 Å². The SMILES string of the molecule is CC(C)CNC(=O)N[C@H](C)C(=O)N1CCCC[C@H]1C. The van der Waals surface area contributed by atoms with Crippen LogP contribution in [-0.4, -0.2) is 42.0 Å². The molecule has 110 valence electrons. The van der Waals surface area contributed by atoms with E-state index < -0.39 is 6.04 Å². The molecule has 0 bridgehead atoms. The minimum absolute atomic E-state index is 0.0203. The summed E-state index contributed by atoms with van der Waals surface area (Å²) in [6.07, 6.45) is 3.29. The zero-order valence-corrected chi connectivity index (χ0v) is 12.5. The van der Waals surface area contributed by atoms with E-state index in [9.17, 15) is 9.59 Å². The van der Waals surface area contributed by atoms with Crippen LogP contribution >= 0.6 is 0 Å². The second-order valence-corrected chi connectivity index (χ2v) is 5.85. The zero-order chi connectivity index (χ0) is 14.4. The van der Waals surface area contributed by atoms with Crippen LogP contribution < -0.4 is 10.6 Å². The number of carbonyl (C=O) groups is 2. The van der Waals surface area contributed by atoms with Crippen LogP contribution in [0.5, 0.6) is 0 Å². The number of piperidine rings is 1. The normalized spacial score (nSPS) is 21.1. The van der Waals surface area contributed by atoms with Crippen LogP contribution in [0.3, 0.4) is 0 Å². The van der Waals surface area contributed by atoms with E-state index in [1.807, 2.05) is 18.7 Å². The largest absolute Gasteiger partial charge is 0.338 e. The van der Waals surface area contributed by atoms with E-state index >= 15 is 0 Å². The Morgan fingerprint density at radius 2 is 1.95 bits per heavy atom. The number of hydrogen-bond acceptors (Lipinski definition) is 2. The summed E-state index contributed by atoms with van der Waals surface area (Å²) in [5, 5.41) is 5.47. The van der Waals surface area contributed by atoms with Crippen LogP contribution in [-0.2, 0) is 4.79 Å². The molecule has 0 aromatic carbocycles. The third-order valence-electron chi connectivity index (χ3n) is 3.47. The Morgan fingerprint density at radius 1 is 1.26 bits per heavy atom. The fourth-order valence-corrected chi connectivity index (χ4v) is 2.28. The standard InChI is InChI=1S/C14H27N3O2/c1-10(2)9-15-14(19)16-12(4)13(18)17-8-6-5-7-11(17)3/h10-12H,5-9H2,1-4H3,(H2,15,16,19)/t11-,12-/m1/s1. The second kappa shape index (κ2) is 7.36. The number of amides is 3. The summed E-state index contributed by atoms with van der Waals surface area (Å²) < 4.78 is 0. The fraction of sp³-hybridized carbons (Fsp3) is 0.857. The highest BCUT2D eigenvalue weighted by Crippen LogP contribution is 2.17. The number of urea groups is 1. The Morgan fingerprint density at radius 3 is 2.53 bits per heavy atom. The maximum Gasteiger partial charge on any atom is 0.315 e. The van der Waals surface area contributed by atoms with E-state index in [1.54, 1.807) is 6.92 Å². The van der Waals surface area contributed by atoms with Gasteiger partial charge in [-0.15, -0.1) is 0 Å². The van der Waals surface area contributed by atoms with Gasteiger partial charge in [-0.2, -0.15) is 0 Å². The zero-order valence-electron chi connectivity index (χ0n) is 12.5. The predicted octanol–water partition coefficient (Wildman–Crippen LogP) is 1.73. The Bertz CT molecular complexity index is 318. The number of nitrogens with zero attached hydrogens (tertiary/aromatic N) is 1. The molecule has 1 saturated heterocycles. The molecular formula is C14H27N3O2. The molecule has 0 aromatic rings. The Labute approximate surface area is 116 Å². The molecule has 0 spiro atoms. The molecule has 3 amide bonds. The van der Waals surface area contributed by atoms with Gasteiger partial charge in [-0.25, -0.2) is 4.79 Å². The van der Waals surface area contributed by atoms with Crippen molar-refractivity contribution in [3.63, 3.8) is 0 Å². The van der Waals surface area contributed by atoms with Gasteiger partial charge in [-0.1, -0.05) is 13.8 Å². The van der Waals surface area contributed by atoms with Crippen molar-refractivity contribution in [2.75, 3.05) is 13.1 Å². The molecule has 0 aliphatic carbocycles. The molecular weight excluding hydrogens is 242 g/mol. The molecule has 0 saturated carbocycles. The van der Waals surface area contributed by atoms with Crippen LogP contribution in [0.25, 0.3) is 0 Å². The average molecular weight is 269 g/mol. The smallest absolute Gasteiger partial charge is 0.315 e. The van der Waals surface area contributed by atoms with Gasteiger partial charge in [0.1, 0.15) is 6.04 Å². The highest BCUT2D eigenvalue weighted by Gasteiger charge is 2.27. The summed E-state index contributed by atoms with van der Waals surface area (Å²) in [5.74, 6) is 0.422. The first-order chi connectivity index (χ1) is 8.91. The van der Waals surface area contributed by atoms with Crippen LogP contribution in [0.4, 0.5) is 4.79 Å². The third-order valence-corrected chi connectivity index (χ3v) is 3.47. The number of hydrogen-bond donors (Lipinski definition) is 2. The molecule has 1 aliphatic heterocycles. The maximum absolute atomic E-state index is 12.3. The van der Waals surface area contributed by atoms with Crippen molar-refractivity contribution in [2.24, 2.45) is 5.92 Å². The van der Waals surface area contributed by atoms with Crippen LogP contribution in [0.2, 0.25) is 0 Å². The van der Waals surface area contributed by atoms with Gasteiger partial charge in [-0.05, 0) is 39.0 Å². The van der Waals surface area contributed by atoms with Crippen molar-refractivity contribution in [3.8, 4) is 0 Å². The second-order valence-electron chi connectivity index (χ2n) is 5.85. The van der Waals surface area contributed by atoms with Crippen molar-refractivity contribution < 1.29 is 9.59 Å². The molecule has 5 nitrogen and oxygen atoms in total. The molecule has 5 heteroatoms. The minimum atomic E-state index is -0.465. The van der Waals surface area contributed by atoms with Crippen molar-refractivity contribution in [2.45, 2.75) is 59.0 Å². The number of rotatable bonds is 4. The van der Waals surface area contributed by atoms with Gasteiger partial charge in [0.25, 0.3) is 0 Å². The molecule has 1 aliphatic rings. The van der Waals surface area contributed by atoms with Gasteiger partial charge in [-0.3, -0.25) is 4.79 Å². The van der Waals surface area contributed by atoms with Crippen molar-refractivity contribution in [1.82, 2.24) is 15.5 Å². The lowest BCUT2D eigenvalue weighted by Crippen LogP contribution is -2.53. The predicted molar refractivity (Wildman–Crippen MR) is 75.9 cm³/mol. The molecule has 0 unspecified atom stereocenters. The van der Waals surface area contributed by atoms with Gasteiger partial charge in [0.2, 0.25) is 5.91 Å². The lowest BCUT2D eigenvalue weighted by Gasteiger charge is -2.35. The Balaban J connectivity index is 2.41. The molecule has 1 heterocycles. The van der Waals surface area contributed by atoms with E-state index in [2.05, 4.69) is 17.6 Å². The number of likely N-dealkylation sites (tertiary alicyclic amines) is 1. The first-order valence-corrected chi connectivity index (χ1v) is 7.26. The van der Waals surface area contributed by atoms with Crippen LogP contribution in [0.15, 0.2) is 0 Å². The van der Waals surface area contributed by atoms with E-state index in [4.69, 9.17) is 0 Å². The molecule has 0 aromatic heterocycles. The Kier molecular flexibility index (Phi) is 6.12.